The summed E-state index contributed by atoms with van der Waals surface area (Å²) in [6.07, 6.45) is 2.41. The average molecular weight is 464 g/mol. The zero-order chi connectivity index (χ0) is 16.8. The third-order valence-corrected chi connectivity index (χ3v) is 4.73. The van der Waals surface area contributed by atoms with Gasteiger partial charge in [-0.05, 0) is 44.6 Å². The molecule has 0 aliphatic carbocycles. The predicted molar refractivity (Wildman–Crippen MR) is 119 cm³/mol. The summed E-state index contributed by atoms with van der Waals surface area (Å²) in [5.41, 5.74) is 0. The van der Waals surface area contributed by atoms with Crippen molar-refractivity contribution in [1.29, 1.82) is 0 Å². The molecule has 1 aromatic rings. The average Bonchev–Trinajstić information content (AvgIpc) is 2.60. The van der Waals surface area contributed by atoms with Crippen molar-refractivity contribution in [3.8, 4) is 0 Å². The van der Waals surface area contributed by atoms with Crippen molar-refractivity contribution in [2.24, 2.45) is 4.99 Å². The van der Waals surface area contributed by atoms with E-state index in [0.29, 0.717) is 0 Å². The van der Waals surface area contributed by atoms with Crippen LogP contribution in [0.25, 0.3) is 0 Å². The number of unbranched alkanes of at least 4 members (excludes halogenated alkanes) is 1. The third kappa shape index (κ3) is 11.1. The smallest absolute Gasteiger partial charge is 0.191 e. The van der Waals surface area contributed by atoms with Crippen LogP contribution in [0.15, 0.2) is 40.2 Å². The molecule has 0 fully saturated rings. The Morgan fingerprint density at radius 1 is 1.04 bits per heavy atom. The maximum Gasteiger partial charge on any atom is 0.191 e. The molecule has 1 rings (SSSR count). The quantitative estimate of drug-likeness (QED) is 0.172. The van der Waals surface area contributed by atoms with Crippen molar-refractivity contribution in [2.75, 3.05) is 45.5 Å². The zero-order valence-electron chi connectivity index (χ0n) is 15.3. The lowest BCUT2D eigenvalue weighted by Crippen LogP contribution is -2.39. The van der Waals surface area contributed by atoms with Crippen LogP contribution in [0.3, 0.4) is 0 Å². The lowest BCUT2D eigenvalue weighted by atomic mass is 10.3. The summed E-state index contributed by atoms with van der Waals surface area (Å²) in [5, 5.41) is 6.76. The van der Waals surface area contributed by atoms with E-state index < -0.39 is 0 Å². The van der Waals surface area contributed by atoms with E-state index in [9.17, 15) is 0 Å². The van der Waals surface area contributed by atoms with E-state index >= 15 is 0 Å². The predicted octanol–water partition coefficient (Wildman–Crippen LogP) is 3.68. The minimum Gasteiger partial charge on any atom is -0.356 e. The summed E-state index contributed by atoms with van der Waals surface area (Å²) in [5.74, 6) is 1.94. The number of hydrogen-bond donors (Lipinski definition) is 2. The molecule has 0 radical (unpaired) electrons. The number of thioether (sulfide) groups is 1. The number of aliphatic imine (C=N–C) groups is 1. The summed E-state index contributed by atoms with van der Waals surface area (Å²) in [4.78, 5) is 8.05. The van der Waals surface area contributed by atoms with Gasteiger partial charge in [0.1, 0.15) is 0 Å². The van der Waals surface area contributed by atoms with Crippen LogP contribution in [0.4, 0.5) is 0 Å². The Labute approximate surface area is 169 Å². The Morgan fingerprint density at radius 2 is 1.71 bits per heavy atom. The SMILES string of the molecule is CCN(CC)CCCCNC(=NC)NCCSc1ccccc1.I. The molecule has 1 aromatic carbocycles. The van der Waals surface area contributed by atoms with Gasteiger partial charge in [0.25, 0.3) is 0 Å². The van der Waals surface area contributed by atoms with Crippen LogP contribution >= 0.6 is 35.7 Å². The number of nitrogens with zero attached hydrogens (tertiary/aromatic N) is 2. The van der Waals surface area contributed by atoms with Gasteiger partial charge < -0.3 is 15.5 Å². The van der Waals surface area contributed by atoms with E-state index in [-0.39, 0.29) is 24.0 Å². The van der Waals surface area contributed by atoms with E-state index in [4.69, 9.17) is 0 Å². The molecule has 0 aromatic heterocycles. The second-order valence-corrected chi connectivity index (χ2v) is 6.49. The molecular formula is C18H33IN4S. The molecule has 2 N–H and O–H groups in total. The molecule has 0 saturated carbocycles. The number of rotatable bonds is 11. The molecular weight excluding hydrogens is 431 g/mol. The number of halogens is 1. The fraction of sp³-hybridized carbons (Fsp3) is 0.611. The van der Waals surface area contributed by atoms with E-state index in [1.807, 2.05) is 24.9 Å². The van der Waals surface area contributed by atoms with Gasteiger partial charge in [0.05, 0.1) is 0 Å². The first-order valence-corrected chi connectivity index (χ1v) is 9.63. The second-order valence-electron chi connectivity index (χ2n) is 5.32. The molecule has 0 bridgehead atoms. The van der Waals surface area contributed by atoms with Gasteiger partial charge in [-0.15, -0.1) is 35.7 Å². The van der Waals surface area contributed by atoms with Crippen molar-refractivity contribution in [1.82, 2.24) is 15.5 Å². The van der Waals surface area contributed by atoms with Gasteiger partial charge in [-0.1, -0.05) is 32.0 Å². The highest BCUT2D eigenvalue weighted by Crippen LogP contribution is 2.15. The first-order chi connectivity index (χ1) is 11.3. The lowest BCUT2D eigenvalue weighted by Gasteiger charge is -2.18. The summed E-state index contributed by atoms with van der Waals surface area (Å²) in [7, 11) is 1.83. The van der Waals surface area contributed by atoms with Gasteiger partial charge >= 0.3 is 0 Å². The van der Waals surface area contributed by atoms with Gasteiger partial charge in [0.2, 0.25) is 0 Å². The van der Waals surface area contributed by atoms with Gasteiger partial charge in [-0.25, -0.2) is 0 Å². The molecule has 4 nitrogen and oxygen atoms in total. The first-order valence-electron chi connectivity index (χ1n) is 8.64. The molecule has 0 atom stereocenters. The maximum absolute atomic E-state index is 4.27. The summed E-state index contributed by atoms with van der Waals surface area (Å²) in [6, 6.07) is 10.5. The van der Waals surface area contributed by atoms with Crippen LogP contribution in [-0.2, 0) is 0 Å². The Kier molecular flexibility index (Phi) is 15.7. The fourth-order valence-corrected chi connectivity index (χ4v) is 3.07. The van der Waals surface area contributed by atoms with Gasteiger partial charge in [0.15, 0.2) is 5.96 Å². The summed E-state index contributed by atoms with van der Waals surface area (Å²) in [6.45, 7) is 9.82. The van der Waals surface area contributed by atoms with Gasteiger partial charge in [-0.2, -0.15) is 0 Å². The number of benzene rings is 1. The molecule has 0 amide bonds. The molecule has 0 spiro atoms. The van der Waals surface area contributed by atoms with Crippen LogP contribution in [0.2, 0.25) is 0 Å². The standard InChI is InChI=1S/C18H32N4S.HI/c1-4-22(5-2)15-10-9-13-20-18(19-3)21-14-16-23-17-11-7-6-8-12-17;/h6-8,11-12H,4-5,9-10,13-16H2,1-3H3,(H2,19,20,21);1H. The topological polar surface area (TPSA) is 39.7 Å². The van der Waals surface area contributed by atoms with Crippen molar-refractivity contribution in [3.63, 3.8) is 0 Å². The lowest BCUT2D eigenvalue weighted by molar-refractivity contribution is 0.297. The molecule has 6 heteroatoms. The maximum atomic E-state index is 4.27. The number of hydrogen-bond acceptors (Lipinski definition) is 3. The largest absolute Gasteiger partial charge is 0.356 e. The first kappa shape index (κ1) is 23.5. The highest BCUT2D eigenvalue weighted by Gasteiger charge is 2.00. The van der Waals surface area contributed by atoms with Gasteiger partial charge in [0, 0.05) is 30.8 Å². The minimum absolute atomic E-state index is 0. The van der Waals surface area contributed by atoms with Crippen molar-refractivity contribution in [2.45, 2.75) is 31.6 Å². The third-order valence-electron chi connectivity index (χ3n) is 3.72. The zero-order valence-corrected chi connectivity index (χ0v) is 18.4. The van der Waals surface area contributed by atoms with Crippen LogP contribution < -0.4 is 10.6 Å². The summed E-state index contributed by atoms with van der Waals surface area (Å²) < 4.78 is 0. The Bertz CT molecular complexity index is 424. The van der Waals surface area contributed by atoms with Gasteiger partial charge in [-0.3, -0.25) is 4.99 Å². The van der Waals surface area contributed by atoms with Crippen LogP contribution in [-0.4, -0.2) is 56.4 Å². The second kappa shape index (κ2) is 16.0. The molecule has 138 valence electrons. The molecule has 0 aliphatic heterocycles. The molecule has 0 unspecified atom stereocenters. The van der Waals surface area contributed by atoms with Crippen molar-refractivity contribution < 1.29 is 0 Å². The van der Waals surface area contributed by atoms with Crippen molar-refractivity contribution >= 4 is 41.7 Å². The Morgan fingerprint density at radius 3 is 2.33 bits per heavy atom. The molecule has 0 heterocycles. The highest BCUT2D eigenvalue weighted by molar-refractivity contribution is 14.0. The van der Waals surface area contributed by atoms with Crippen molar-refractivity contribution in [3.05, 3.63) is 30.3 Å². The van der Waals surface area contributed by atoms with E-state index in [1.54, 1.807) is 0 Å². The normalized spacial score (nSPS) is 11.2. The van der Waals surface area contributed by atoms with Crippen LogP contribution in [0.1, 0.15) is 26.7 Å². The minimum atomic E-state index is 0. The summed E-state index contributed by atoms with van der Waals surface area (Å²) >= 11 is 1.86. The Balaban J connectivity index is 0.00000529. The monoisotopic (exact) mass is 464 g/mol. The van der Waals surface area contributed by atoms with E-state index in [0.717, 1.165) is 37.9 Å². The number of nitrogens with one attached hydrogen (secondary N) is 2. The molecule has 24 heavy (non-hydrogen) atoms. The highest BCUT2D eigenvalue weighted by atomic mass is 127. The van der Waals surface area contributed by atoms with E-state index in [1.165, 1.54) is 24.3 Å². The fourth-order valence-electron chi connectivity index (χ4n) is 2.28. The Hall–Kier alpha value is -0.470. The number of guanidine groups is 1. The van der Waals surface area contributed by atoms with E-state index in [2.05, 4.69) is 58.6 Å². The molecule has 0 aliphatic rings. The van der Waals surface area contributed by atoms with Crippen LogP contribution in [0.5, 0.6) is 0 Å². The molecule has 0 saturated heterocycles. The van der Waals surface area contributed by atoms with Crippen LogP contribution in [0, 0.1) is 0 Å².